The quantitative estimate of drug-likeness (QED) is 0.834. The van der Waals surface area contributed by atoms with Crippen LogP contribution in [0.3, 0.4) is 0 Å². The SMILES string of the molecule is CNc1ccc(C2Nc3ccccc3S2)cc1. The van der Waals surface area contributed by atoms with Crippen LogP contribution in [0.15, 0.2) is 53.4 Å². The lowest BCUT2D eigenvalue weighted by atomic mass is 10.2. The van der Waals surface area contributed by atoms with Crippen LogP contribution in [-0.4, -0.2) is 7.05 Å². The zero-order valence-corrected chi connectivity index (χ0v) is 10.4. The van der Waals surface area contributed by atoms with Crippen molar-refractivity contribution in [3.63, 3.8) is 0 Å². The van der Waals surface area contributed by atoms with Crippen molar-refractivity contribution < 1.29 is 0 Å². The van der Waals surface area contributed by atoms with Gasteiger partial charge in [0, 0.05) is 23.3 Å². The van der Waals surface area contributed by atoms with Gasteiger partial charge in [-0.05, 0) is 29.8 Å². The van der Waals surface area contributed by atoms with Crippen LogP contribution in [0.5, 0.6) is 0 Å². The van der Waals surface area contributed by atoms with Crippen LogP contribution < -0.4 is 10.6 Å². The Hall–Kier alpha value is -1.61. The molecule has 0 spiro atoms. The summed E-state index contributed by atoms with van der Waals surface area (Å²) >= 11 is 1.87. The molecule has 2 N–H and O–H groups in total. The number of benzene rings is 2. The number of thioether (sulfide) groups is 1. The number of para-hydroxylation sites is 1. The van der Waals surface area contributed by atoms with E-state index < -0.39 is 0 Å². The first kappa shape index (κ1) is 10.5. The van der Waals surface area contributed by atoms with Gasteiger partial charge in [0.1, 0.15) is 5.37 Å². The van der Waals surface area contributed by atoms with Crippen LogP contribution in [0.2, 0.25) is 0 Å². The fourth-order valence-corrected chi connectivity index (χ4v) is 3.11. The van der Waals surface area contributed by atoms with Crippen molar-refractivity contribution in [2.75, 3.05) is 17.7 Å². The lowest BCUT2D eigenvalue weighted by Crippen LogP contribution is -2.01. The van der Waals surface area contributed by atoms with Crippen molar-refractivity contribution in [2.45, 2.75) is 10.3 Å². The van der Waals surface area contributed by atoms with Crippen LogP contribution in [0.1, 0.15) is 10.9 Å². The Morgan fingerprint density at radius 1 is 1.06 bits per heavy atom. The van der Waals surface area contributed by atoms with E-state index in [2.05, 4.69) is 59.2 Å². The van der Waals surface area contributed by atoms with Crippen LogP contribution in [0.25, 0.3) is 0 Å². The average molecular weight is 242 g/mol. The van der Waals surface area contributed by atoms with Crippen molar-refractivity contribution in [2.24, 2.45) is 0 Å². The molecular formula is C14H14N2S. The molecular weight excluding hydrogens is 228 g/mol. The summed E-state index contributed by atoms with van der Waals surface area (Å²) in [4.78, 5) is 1.33. The fourth-order valence-electron chi connectivity index (χ4n) is 1.96. The minimum absolute atomic E-state index is 0.332. The molecule has 0 saturated heterocycles. The molecule has 3 rings (SSSR count). The van der Waals surface area contributed by atoms with E-state index in [0.29, 0.717) is 5.37 Å². The molecule has 2 aromatic rings. The smallest absolute Gasteiger partial charge is 0.103 e. The third-order valence-electron chi connectivity index (χ3n) is 2.92. The minimum atomic E-state index is 0.332. The normalized spacial score (nSPS) is 17.4. The Morgan fingerprint density at radius 3 is 2.53 bits per heavy atom. The molecule has 3 heteroatoms. The monoisotopic (exact) mass is 242 g/mol. The largest absolute Gasteiger partial charge is 0.388 e. The molecule has 0 fully saturated rings. The summed E-state index contributed by atoms with van der Waals surface area (Å²) < 4.78 is 0. The first-order valence-electron chi connectivity index (χ1n) is 5.67. The lowest BCUT2D eigenvalue weighted by Gasteiger charge is -2.11. The van der Waals surface area contributed by atoms with Gasteiger partial charge in [-0.3, -0.25) is 0 Å². The van der Waals surface area contributed by atoms with E-state index in [1.165, 1.54) is 16.1 Å². The molecule has 0 bridgehead atoms. The maximum atomic E-state index is 3.53. The summed E-state index contributed by atoms with van der Waals surface area (Å²) in [6, 6.07) is 17.0. The predicted octanol–water partition coefficient (Wildman–Crippen LogP) is 3.94. The van der Waals surface area contributed by atoms with Gasteiger partial charge in [0.2, 0.25) is 0 Å². The standard InChI is InChI=1S/C14H14N2S/c1-15-11-8-6-10(7-9-11)14-16-12-4-2-3-5-13(12)17-14/h2-9,14-16H,1H3. The molecule has 2 aromatic carbocycles. The second-order valence-corrected chi connectivity index (χ2v) is 5.16. The molecule has 2 nitrogen and oxygen atoms in total. The minimum Gasteiger partial charge on any atom is -0.388 e. The number of hydrogen-bond donors (Lipinski definition) is 2. The summed E-state index contributed by atoms with van der Waals surface area (Å²) in [6.45, 7) is 0. The first-order chi connectivity index (χ1) is 8.36. The molecule has 1 unspecified atom stereocenters. The van der Waals surface area contributed by atoms with E-state index in [0.717, 1.165) is 5.69 Å². The van der Waals surface area contributed by atoms with Gasteiger partial charge in [-0.1, -0.05) is 36.0 Å². The van der Waals surface area contributed by atoms with Crippen LogP contribution >= 0.6 is 11.8 Å². The molecule has 0 aromatic heterocycles. The van der Waals surface area contributed by atoms with Gasteiger partial charge in [0.05, 0.1) is 0 Å². The average Bonchev–Trinajstić information content (AvgIpc) is 2.82. The number of anilines is 2. The van der Waals surface area contributed by atoms with Crippen molar-refractivity contribution in [3.05, 3.63) is 54.1 Å². The second kappa shape index (κ2) is 4.34. The molecule has 0 amide bonds. The molecule has 1 heterocycles. The Kier molecular flexibility index (Phi) is 2.69. The van der Waals surface area contributed by atoms with Crippen molar-refractivity contribution in [1.82, 2.24) is 0 Å². The number of rotatable bonds is 2. The third-order valence-corrected chi connectivity index (χ3v) is 4.16. The van der Waals surface area contributed by atoms with Gasteiger partial charge in [-0.2, -0.15) is 0 Å². The lowest BCUT2D eigenvalue weighted by molar-refractivity contribution is 1.13. The Bertz CT molecular complexity index is 497. The van der Waals surface area contributed by atoms with E-state index in [4.69, 9.17) is 0 Å². The van der Waals surface area contributed by atoms with Gasteiger partial charge in [-0.15, -0.1) is 0 Å². The third kappa shape index (κ3) is 1.98. The topological polar surface area (TPSA) is 24.1 Å². The molecule has 1 aliphatic heterocycles. The predicted molar refractivity (Wildman–Crippen MR) is 74.7 cm³/mol. The highest BCUT2D eigenvalue weighted by atomic mass is 32.2. The van der Waals surface area contributed by atoms with E-state index in [1.807, 2.05) is 18.8 Å². The fraction of sp³-hybridized carbons (Fsp3) is 0.143. The number of nitrogens with one attached hydrogen (secondary N) is 2. The molecule has 0 radical (unpaired) electrons. The highest BCUT2D eigenvalue weighted by Crippen LogP contribution is 2.46. The van der Waals surface area contributed by atoms with E-state index in [1.54, 1.807) is 0 Å². The summed E-state index contributed by atoms with van der Waals surface area (Å²) in [5.41, 5.74) is 3.69. The zero-order chi connectivity index (χ0) is 11.7. The maximum Gasteiger partial charge on any atom is 0.103 e. The van der Waals surface area contributed by atoms with Gasteiger partial charge in [0.15, 0.2) is 0 Å². The summed E-state index contributed by atoms with van der Waals surface area (Å²) in [5, 5.41) is 7.00. The Balaban J connectivity index is 1.83. The van der Waals surface area contributed by atoms with E-state index >= 15 is 0 Å². The first-order valence-corrected chi connectivity index (χ1v) is 6.55. The molecule has 0 saturated carbocycles. The van der Waals surface area contributed by atoms with Gasteiger partial charge in [0.25, 0.3) is 0 Å². The molecule has 86 valence electrons. The van der Waals surface area contributed by atoms with Gasteiger partial charge < -0.3 is 10.6 Å². The van der Waals surface area contributed by atoms with Crippen molar-refractivity contribution in [3.8, 4) is 0 Å². The highest BCUT2D eigenvalue weighted by molar-refractivity contribution is 8.00. The van der Waals surface area contributed by atoms with E-state index in [9.17, 15) is 0 Å². The number of fused-ring (bicyclic) bond motifs is 1. The second-order valence-electron chi connectivity index (χ2n) is 4.01. The van der Waals surface area contributed by atoms with Gasteiger partial charge >= 0.3 is 0 Å². The van der Waals surface area contributed by atoms with E-state index in [-0.39, 0.29) is 0 Å². The molecule has 17 heavy (non-hydrogen) atoms. The molecule has 1 aliphatic rings. The molecule has 0 aliphatic carbocycles. The Labute approximate surface area is 105 Å². The highest BCUT2D eigenvalue weighted by Gasteiger charge is 2.21. The number of hydrogen-bond acceptors (Lipinski definition) is 3. The Morgan fingerprint density at radius 2 is 1.82 bits per heavy atom. The summed E-state index contributed by atoms with van der Waals surface area (Å²) in [7, 11) is 1.94. The van der Waals surface area contributed by atoms with Crippen LogP contribution in [0.4, 0.5) is 11.4 Å². The van der Waals surface area contributed by atoms with Gasteiger partial charge in [-0.25, -0.2) is 0 Å². The summed E-state index contributed by atoms with van der Waals surface area (Å²) in [5.74, 6) is 0. The maximum absolute atomic E-state index is 3.53. The van der Waals surface area contributed by atoms with Crippen LogP contribution in [-0.2, 0) is 0 Å². The van der Waals surface area contributed by atoms with Crippen molar-refractivity contribution >= 4 is 23.1 Å². The van der Waals surface area contributed by atoms with Crippen molar-refractivity contribution in [1.29, 1.82) is 0 Å². The summed E-state index contributed by atoms with van der Waals surface area (Å²) in [6.07, 6.45) is 0. The zero-order valence-electron chi connectivity index (χ0n) is 9.60. The van der Waals surface area contributed by atoms with Crippen LogP contribution in [0, 0.1) is 0 Å². The molecule has 1 atom stereocenters.